The summed E-state index contributed by atoms with van der Waals surface area (Å²) in [5.74, 6) is -0.576. The highest BCUT2D eigenvalue weighted by Gasteiger charge is 2.05. The lowest BCUT2D eigenvalue weighted by Crippen LogP contribution is -2.00. The second kappa shape index (κ2) is 4.35. The molecule has 0 radical (unpaired) electrons. The third-order valence-corrected chi connectivity index (χ3v) is 1.31. The van der Waals surface area contributed by atoms with Crippen molar-refractivity contribution in [2.75, 3.05) is 6.61 Å². The van der Waals surface area contributed by atoms with Crippen molar-refractivity contribution in [3.63, 3.8) is 0 Å². The first-order valence-corrected chi connectivity index (χ1v) is 3.85. The summed E-state index contributed by atoms with van der Waals surface area (Å²) in [6.45, 7) is 1.97. The van der Waals surface area contributed by atoms with Crippen molar-refractivity contribution >= 4 is 11.7 Å². The summed E-state index contributed by atoms with van der Waals surface area (Å²) in [7, 11) is 0. The van der Waals surface area contributed by atoms with Gasteiger partial charge in [0.15, 0.2) is 11.5 Å². The van der Waals surface area contributed by atoms with E-state index >= 15 is 0 Å². The van der Waals surface area contributed by atoms with E-state index in [1.165, 1.54) is 6.26 Å². The highest BCUT2D eigenvalue weighted by molar-refractivity contribution is 5.88. The number of furan rings is 1. The summed E-state index contributed by atoms with van der Waals surface area (Å²) in [5, 5.41) is 9.27. The van der Waals surface area contributed by atoms with E-state index in [2.05, 4.69) is 4.74 Å². The van der Waals surface area contributed by atoms with Gasteiger partial charge in [-0.25, -0.2) is 4.79 Å². The molecule has 0 saturated carbocycles. The van der Waals surface area contributed by atoms with Crippen LogP contribution in [0.15, 0.2) is 28.9 Å². The zero-order valence-corrected chi connectivity index (χ0v) is 7.19. The van der Waals surface area contributed by atoms with Gasteiger partial charge in [-0.3, -0.25) is 0 Å². The predicted molar refractivity (Wildman–Crippen MR) is 45.9 cm³/mol. The number of esters is 1. The van der Waals surface area contributed by atoms with Crippen LogP contribution in [0.2, 0.25) is 0 Å². The van der Waals surface area contributed by atoms with Crippen LogP contribution in [0.5, 0.6) is 0 Å². The Morgan fingerprint density at radius 3 is 3.08 bits per heavy atom. The Bertz CT molecular complexity index is 297. The smallest absolute Gasteiger partial charge is 0.334 e. The van der Waals surface area contributed by atoms with Gasteiger partial charge in [-0.15, -0.1) is 0 Å². The zero-order chi connectivity index (χ0) is 9.68. The van der Waals surface area contributed by atoms with Crippen LogP contribution in [0.3, 0.4) is 0 Å². The van der Waals surface area contributed by atoms with Crippen molar-refractivity contribution in [3.05, 3.63) is 30.2 Å². The van der Waals surface area contributed by atoms with E-state index in [1.807, 2.05) is 0 Å². The fourth-order valence-electron chi connectivity index (χ4n) is 0.791. The zero-order valence-electron chi connectivity index (χ0n) is 7.19. The molecular formula is C9H10O4. The van der Waals surface area contributed by atoms with Crippen LogP contribution in [-0.4, -0.2) is 17.7 Å². The first kappa shape index (κ1) is 9.38. The molecular weight excluding hydrogens is 172 g/mol. The summed E-state index contributed by atoms with van der Waals surface area (Å²) >= 11 is 0. The van der Waals surface area contributed by atoms with Crippen LogP contribution < -0.4 is 0 Å². The second-order valence-corrected chi connectivity index (χ2v) is 2.26. The number of carbonyl (C=O) groups is 1. The molecule has 0 aromatic carbocycles. The molecule has 0 unspecified atom stereocenters. The first-order chi connectivity index (χ1) is 6.24. The topological polar surface area (TPSA) is 59.7 Å². The van der Waals surface area contributed by atoms with Crippen LogP contribution in [0.1, 0.15) is 12.7 Å². The number of ether oxygens (including phenoxy) is 1. The van der Waals surface area contributed by atoms with Gasteiger partial charge in [-0.2, -0.15) is 0 Å². The van der Waals surface area contributed by atoms with E-state index in [-0.39, 0.29) is 18.1 Å². The lowest BCUT2D eigenvalue weighted by molar-refractivity contribution is -0.137. The first-order valence-electron chi connectivity index (χ1n) is 3.85. The highest BCUT2D eigenvalue weighted by atomic mass is 16.5. The third kappa shape index (κ3) is 2.66. The Kier molecular flexibility index (Phi) is 3.14. The number of carbonyl (C=O) groups excluding carboxylic acids is 1. The molecule has 1 heterocycles. The van der Waals surface area contributed by atoms with Crippen LogP contribution in [0.4, 0.5) is 0 Å². The normalized spacial score (nSPS) is 11.3. The molecule has 0 amide bonds. The number of rotatable bonds is 3. The van der Waals surface area contributed by atoms with Gasteiger partial charge in [0, 0.05) is 0 Å². The monoisotopic (exact) mass is 182 g/mol. The maximum Gasteiger partial charge on any atom is 0.334 e. The molecule has 4 heteroatoms. The second-order valence-electron chi connectivity index (χ2n) is 2.26. The Balaban J connectivity index is 2.67. The highest BCUT2D eigenvalue weighted by Crippen LogP contribution is 2.10. The molecule has 0 fully saturated rings. The van der Waals surface area contributed by atoms with Gasteiger partial charge >= 0.3 is 5.97 Å². The minimum Gasteiger partial charge on any atom is -0.504 e. The van der Waals surface area contributed by atoms with Crippen LogP contribution in [-0.2, 0) is 9.53 Å². The van der Waals surface area contributed by atoms with E-state index in [4.69, 9.17) is 4.42 Å². The van der Waals surface area contributed by atoms with Crippen LogP contribution in [0, 0.1) is 0 Å². The van der Waals surface area contributed by atoms with Crippen molar-refractivity contribution < 1.29 is 19.1 Å². The maximum absolute atomic E-state index is 10.8. The van der Waals surface area contributed by atoms with Gasteiger partial charge in [0.1, 0.15) is 0 Å². The van der Waals surface area contributed by atoms with Gasteiger partial charge in [-0.05, 0) is 19.1 Å². The summed E-state index contributed by atoms with van der Waals surface area (Å²) < 4.78 is 9.44. The van der Waals surface area contributed by atoms with E-state index < -0.39 is 5.97 Å². The summed E-state index contributed by atoms with van der Waals surface area (Å²) in [4.78, 5) is 10.8. The molecule has 0 atom stereocenters. The number of hydrogen-bond acceptors (Lipinski definition) is 4. The average molecular weight is 182 g/mol. The van der Waals surface area contributed by atoms with Gasteiger partial charge in [0.25, 0.3) is 0 Å². The molecule has 13 heavy (non-hydrogen) atoms. The molecule has 0 aliphatic heterocycles. The maximum atomic E-state index is 10.8. The standard InChI is InChI=1S/C9H10O4/c1-2-12-9(11)6-7(10)8-4-3-5-13-8/h3-6,10H,2H2,1H3. The third-order valence-electron chi connectivity index (χ3n) is 1.31. The number of aliphatic hydroxyl groups is 1. The molecule has 1 aromatic rings. The molecule has 1 rings (SSSR count). The van der Waals surface area contributed by atoms with Crippen molar-refractivity contribution in [2.45, 2.75) is 6.92 Å². The van der Waals surface area contributed by atoms with E-state index in [0.29, 0.717) is 0 Å². The lowest BCUT2D eigenvalue weighted by atomic mass is 10.3. The molecule has 1 aromatic heterocycles. The fraction of sp³-hybridized carbons (Fsp3) is 0.222. The largest absolute Gasteiger partial charge is 0.504 e. The molecule has 0 aliphatic carbocycles. The Labute approximate surface area is 75.4 Å². The minimum absolute atomic E-state index is 0.233. The van der Waals surface area contributed by atoms with Crippen molar-refractivity contribution in [1.29, 1.82) is 0 Å². The quantitative estimate of drug-likeness (QED) is 0.439. The van der Waals surface area contributed by atoms with Crippen molar-refractivity contribution in [2.24, 2.45) is 0 Å². The molecule has 0 aliphatic rings. The van der Waals surface area contributed by atoms with Gasteiger partial charge in [-0.1, -0.05) is 0 Å². The summed E-state index contributed by atoms with van der Waals surface area (Å²) in [6.07, 6.45) is 2.38. The average Bonchev–Trinajstić information content (AvgIpc) is 2.55. The molecule has 1 N–H and O–H groups in total. The lowest BCUT2D eigenvalue weighted by Gasteiger charge is -1.96. The molecule has 0 saturated heterocycles. The minimum atomic E-state index is -0.587. The van der Waals surface area contributed by atoms with Gasteiger partial charge in [0.2, 0.25) is 0 Å². The van der Waals surface area contributed by atoms with E-state index in [1.54, 1.807) is 19.1 Å². The van der Waals surface area contributed by atoms with Crippen LogP contribution >= 0.6 is 0 Å². The fourth-order valence-corrected chi connectivity index (χ4v) is 0.791. The summed E-state index contributed by atoms with van der Waals surface area (Å²) in [6, 6.07) is 3.16. The molecule has 4 nitrogen and oxygen atoms in total. The number of aliphatic hydroxyl groups excluding tert-OH is 1. The Morgan fingerprint density at radius 1 is 1.77 bits per heavy atom. The summed E-state index contributed by atoms with van der Waals surface area (Å²) in [5.41, 5.74) is 0. The Morgan fingerprint density at radius 2 is 2.54 bits per heavy atom. The Hall–Kier alpha value is -1.71. The van der Waals surface area contributed by atoms with E-state index in [9.17, 15) is 9.90 Å². The van der Waals surface area contributed by atoms with E-state index in [0.717, 1.165) is 6.08 Å². The van der Waals surface area contributed by atoms with Crippen LogP contribution in [0.25, 0.3) is 5.76 Å². The number of hydrogen-bond donors (Lipinski definition) is 1. The molecule has 70 valence electrons. The van der Waals surface area contributed by atoms with Gasteiger partial charge < -0.3 is 14.3 Å². The predicted octanol–water partition coefficient (Wildman–Crippen LogP) is 1.74. The molecule has 0 spiro atoms. The van der Waals surface area contributed by atoms with Crippen molar-refractivity contribution in [1.82, 2.24) is 0 Å². The SMILES string of the molecule is CCOC(=O)C=C(O)c1ccco1. The molecule has 0 bridgehead atoms. The van der Waals surface area contributed by atoms with Gasteiger partial charge in [0.05, 0.1) is 18.9 Å². The van der Waals surface area contributed by atoms with Crippen molar-refractivity contribution in [3.8, 4) is 0 Å².